The molecular formula is C22H20F3N7O2. The first-order chi connectivity index (χ1) is 16.2. The van der Waals surface area contributed by atoms with Crippen molar-refractivity contribution in [1.29, 1.82) is 0 Å². The molecule has 0 N–H and O–H groups in total. The third kappa shape index (κ3) is 3.69. The van der Waals surface area contributed by atoms with Crippen molar-refractivity contribution >= 4 is 17.0 Å². The first-order valence-corrected chi connectivity index (χ1v) is 10.5. The monoisotopic (exact) mass is 471 g/mol. The molecule has 34 heavy (non-hydrogen) atoms. The molecule has 9 nitrogen and oxygen atoms in total. The van der Waals surface area contributed by atoms with Crippen LogP contribution in [0, 0.1) is 24.4 Å². The van der Waals surface area contributed by atoms with E-state index in [4.69, 9.17) is 4.74 Å². The fourth-order valence-electron chi connectivity index (χ4n) is 3.91. The maximum Gasteiger partial charge on any atom is 0.279 e. The number of rotatable bonds is 3. The van der Waals surface area contributed by atoms with E-state index in [0.29, 0.717) is 25.5 Å². The molecule has 12 heteroatoms. The zero-order chi connectivity index (χ0) is 24.1. The van der Waals surface area contributed by atoms with E-state index in [9.17, 15) is 18.0 Å². The van der Waals surface area contributed by atoms with Crippen molar-refractivity contribution < 1.29 is 17.9 Å². The number of fused-ring (bicyclic) bond motifs is 1. The van der Waals surface area contributed by atoms with Gasteiger partial charge < -0.3 is 9.64 Å². The van der Waals surface area contributed by atoms with Crippen molar-refractivity contribution in [2.75, 3.05) is 24.6 Å². The number of nitrogens with zero attached hydrogens (tertiary/aromatic N) is 7. The number of morpholine rings is 1. The van der Waals surface area contributed by atoms with Crippen LogP contribution in [0.5, 0.6) is 0 Å². The Morgan fingerprint density at radius 1 is 1.06 bits per heavy atom. The van der Waals surface area contributed by atoms with Crippen molar-refractivity contribution in [3.8, 4) is 11.3 Å². The van der Waals surface area contributed by atoms with Crippen molar-refractivity contribution in [2.24, 2.45) is 14.1 Å². The van der Waals surface area contributed by atoms with Crippen molar-refractivity contribution in [3.63, 3.8) is 0 Å². The number of aromatic nitrogens is 6. The lowest BCUT2D eigenvalue weighted by Crippen LogP contribution is -2.39. The maximum absolute atomic E-state index is 14.1. The van der Waals surface area contributed by atoms with Gasteiger partial charge in [0.25, 0.3) is 5.56 Å². The van der Waals surface area contributed by atoms with Gasteiger partial charge in [-0.2, -0.15) is 5.10 Å². The van der Waals surface area contributed by atoms with Gasteiger partial charge in [-0.15, -0.1) is 0 Å². The summed E-state index contributed by atoms with van der Waals surface area (Å²) in [5.74, 6) is -3.79. The number of hydrogen-bond acceptors (Lipinski definition) is 7. The second-order valence-electron chi connectivity index (χ2n) is 8.10. The van der Waals surface area contributed by atoms with Gasteiger partial charge in [0.2, 0.25) is 5.95 Å². The Bertz CT molecular complexity index is 1460. The lowest BCUT2D eigenvalue weighted by atomic mass is 10.1. The van der Waals surface area contributed by atoms with E-state index in [1.807, 2.05) is 11.1 Å². The summed E-state index contributed by atoms with van der Waals surface area (Å²) < 4.78 is 50.6. The highest BCUT2D eigenvalue weighted by molar-refractivity contribution is 5.89. The quantitative estimate of drug-likeness (QED) is 0.424. The Hall–Kier alpha value is -3.80. The summed E-state index contributed by atoms with van der Waals surface area (Å²) in [4.78, 5) is 28.2. The van der Waals surface area contributed by atoms with Gasteiger partial charge >= 0.3 is 0 Å². The summed E-state index contributed by atoms with van der Waals surface area (Å²) in [6.45, 7) is 2.76. The molecule has 1 saturated heterocycles. The van der Waals surface area contributed by atoms with Crippen LogP contribution < -0.4 is 10.5 Å². The standard InChI is InChI=1S/C22H20F3N7O2/c1-11-27-19-18(12-6-14(23)17(25)15(24)7-12)28-22(29-20(19)21(33)31(11)3)32-4-5-34-16(10-32)13-8-26-30(2)9-13/h6-9,16H,4-5,10H2,1-3H3. The molecule has 0 amide bonds. The third-order valence-corrected chi connectivity index (χ3v) is 5.84. The lowest BCUT2D eigenvalue weighted by Gasteiger charge is -2.32. The van der Waals surface area contributed by atoms with Gasteiger partial charge in [0.15, 0.2) is 23.0 Å². The highest BCUT2D eigenvalue weighted by Crippen LogP contribution is 2.30. The molecule has 0 radical (unpaired) electrons. The van der Waals surface area contributed by atoms with E-state index in [0.717, 1.165) is 17.7 Å². The van der Waals surface area contributed by atoms with Gasteiger partial charge in [-0.3, -0.25) is 14.0 Å². The first kappa shape index (κ1) is 22.0. The van der Waals surface area contributed by atoms with Gasteiger partial charge in [0.1, 0.15) is 23.1 Å². The Kier molecular flexibility index (Phi) is 5.31. The number of halogens is 3. The van der Waals surface area contributed by atoms with Crippen LogP contribution in [-0.4, -0.2) is 49.0 Å². The molecule has 1 atom stereocenters. The molecule has 1 aromatic carbocycles. The van der Waals surface area contributed by atoms with Crippen molar-refractivity contribution in [2.45, 2.75) is 13.0 Å². The molecule has 176 valence electrons. The summed E-state index contributed by atoms with van der Waals surface area (Å²) >= 11 is 0. The molecule has 5 rings (SSSR count). The van der Waals surface area contributed by atoms with Gasteiger partial charge in [0.05, 0.1) is 19.3 Å². The second kappa shape index (κ2) is 8.20. The number of hydrogen-bond donors (Lipinski definition) is 0. The molecule has 4 heterocycles. The maximum atomic E-state index is 14.1. The summed E-state index contributed by atoms with van der Waals surface area (Å²) in [6.07, 6.45) is 3.23. The Labute approximate surface area is 191 Å². The fraction of sp³-hybridized carbons (Fsp3) is 0.318. The summed E-state index contributed by atoms with van der Waals surface area (Å²) in [7, 11) is 3.35. The first-order valence-electron chi connectivity index (χ1n) is 10.5. The smallest absolute Gasteiger partial charge is 0.279 e. The highest BCUT2D eigenvalue weighted by Gasteiger charge is 2.27. The molecule has 0 saturated carbocycles. The van der Waals surface area contributed by atoms with E-state index in [1.165, 1.54) is 4.57 Å². The average Bonchev–Trinajstić information content (AvgIpc) is 3.27. The predicted molar refractivity (Wildman–Crippen MR) is 117 cm³/mol. The molecule has 0 bridgehead atoms. The molecule has 1 aliphatic rings. The number of anilines is 1. The zero-order valence-electron chi connectivity index (χ0n) is 18.6. The topological polar surface area (TPSA) is 91.0 Å². The largest absolute Gasteiger partial charge is 0.370 e. The molecule has 3 aromatic heterocycles. The molecule has 0 spiro atoms. The Balaban J connectivity index is 1.68. The van der Waals surface area contributed by atoms with Crippen LogP contribution in [0.25, 0.3) is 22.3 Å². The molecule has 4 aromatic rings. The van der Waals surface area contributed by atoms with Crippen molar-refractivity contribution in [1.82, 2.24) is 29.3 Å². The summed E-state index contributed by atoms with van der Waals surface area (Å²) in [6, 6.07) is 1.66. The minimum Gasteiger partial charge on any atom is -0.370 e. The van der Waals surface area contributed by atoms with Crippen LogP contribution in [0.2, 0.25) is 0 Å². The Morgan fingerprint density at radius 3 is 2.47 bits per heavy atom. The predicted octanol–water partition coefficient (Wildman–Crippen LogP) is 2.43. The molecule has 1 fully saturated rings. The average molecular weight is 471 g/mol. The van der Waals surface area contributed by atoms with Gasteiger partial charge in [-0.05, 0) is 19.1 Å². The van der Waals surface area contributed by atoms with E-state index < -0.39 is 23.0 Å². The van der Waals surface area contributed by atoms with Crippen LogP contribution in [0.1, 0.15) is 17.5 Å². The van der Waals surface area contributed by atoms with E-state index in [-0.39, 0.29) is 34.3 Å². The number of ether oxygens (including phenoxy) is 1. The minimum atomic E-state index is -1.59. The van der Waals surface area contributed by atoms with Crippen LogP contribution in [-0.2, 0) is 18.8 Å². The van der Waals surface area contributed by atoms with Crippen molar-refractivity contribution in [3.05, 3.63) is 63.7 Å². The normalized spacial score (nSPS) is 16.4. The lowest BCUT2D eigenvalue weighted by molar-refractivity contribution is 0.0392. The van der Waals surface area contributed by atoms with Gasteiger partial charge in [-0.25, -0.2) is 28.1 Å². The SMILES string of the molecule is Cc1nc2c(-c3cc(F)c(F)c(F)c3)nc(N3CCOC(c4cnn(C)c4)C3)nc2c(=O)n1C. The van der Waals surface area contributed by atoms with E-state index >= 15 is 0 Å². The van der Waals surface area contributed by atoms with E-state index in [2.05, 4.69) is 20.1 Å². The summed E-state index contributed by atoms with van der Waals surface area (Å²) in [5, 5.41) is 4.17. The fourth-order valence-corrected chi connectivity index (χ4v) is 3.91. The van der Waals surface area contributed by atoms with Crippen LogP contribution >= 0.6 is 0 Å². The molecule has 1 unspecified atom stereocenters. The number of benzene rings is 1. The Morgan fingerprint density at radius 2 is 1.79 bits per heavy atom. The minimum absolute atomic E-state index is 0.0114. The highest BCUT2D eigenvalue weighted by atomic mass is 19.2. The molecular weight excluding hydrogens is 451 g/mol. The van der Waals surface area contributed by atoms with E-state index in [1.54, 1.807) is 31.9 Å². The van der Waals surface area contributed by atoms with Gasteiger partial charge in [0, 0.05) is 38.0 Å². The second-order valence-corrected chi connectivity index (χ2v) is 8.10. The molecule has 1 aliphatic heterocycles. The van der Waals surface area contributed by atoms with Crippen LogP contribution in [0.3, 0.4) is 0 Å². The zero-order valence-corrected chi connectivity index (χ0v) is 18.6. The van der Waals surface area contributed by atoms with Crippen LogP contribution in [0.4, 0.5) is 19.1 Å². The summed E-state index contributed by atoms with van der Waals surface area (Å²) in [5.41, 5.74) is 0.469. The van der Waals surface area contributed by atoms with Gasteiger partial charge in [-0.1, -0.05) is 0 Å². The third-order valence-electron chi connectivity index (χ3n) is 5.84. The molecule has 0 aliphatic carbocycles. The number of aryl methyl sites for hydroxylation is 2. The van der Waals surface area contributed by atoms with Crippen LogP contribution in [0.15, 0.2) is 29.3 Å².